The number of carbonyl (C=O) groups is 1. The number of nitrogens with one attached hydrogen (secondary N) is 1. The van der Waals surface area contributed by atoms with E-state index in [4.69, 9.17) is 11.6 Å². The minimum atomic E-state index is -5.00. The van der Waals surface area contributed by atoms with Crippen LogP contribution < -0.4 is 11.0 Å². The summed E-state index contributed by atoms with van der Waals surface area (Å²) in [6.07, 6.45) is -12.0. The van der Waals surface area contributed by atoms with Crippen LogP contribution >= 0.6 is 11.6 Å². The van der Waals surface area contributed by atoms with Crippen molar-refractivity contribution >= 4 is 17.5 Å². The topological polar surface area (TPSA) is 89.2 Å². The van der Waals surface area contributed by atoms with Crippen molar-refractivity contribution in [2.45, 2.75) is 49.9 Å². The molecule has 4 rings (SSSR count). The molecule has 2 aromatic carbocycles. The molecule has 198 valence electrons. The molecular formula is C23H19ClF6N4O3. The molecule has 0 saturated heterocycles. The number of rotatable bonds is 7. The fourth-order valence-corrected chi connectivity index (χ4v) is 3.98. The van der Waals surface area contributed by atoms with Gasteiger partial charge in [-0.3, -0.25) is 9.36 Å². The molecule has 7 nitrogen and oxygen atoms in total. The summed E-state index contributed by atoms with van der Waals surface area (Å²) in [6, 6.07) is 9.94. The van der Waals surface area contributed by atoms with Crippen LogP contribution in [-0.2, 0) is 24.1 Å². The Morgan fingerprint density at radius 2 is 1.81 bits per heavy atom. The highest BCUT2D eigenvalue weighted by Gasteiger charge is 2.41. The summed E-state index contributed by atoms with van der Waals surface area (Å²) in [6.45, 7) is -1.80. The number of halogens is 7. The lowest BCUT2D eigenvalue weighted by atomic mass is 10.1. The predicted octanol–water partition coefficient (Wildman–Crippen LogP) is 3.98. The molecule has 0 aliphatic heterocycles. The first-order valence-corrected chi connectivity index (χ1v) is 11.3. The molecule has 14 heteroatoms. The zero-order chi connectivity index (χ0) is 27.1. The summed E-state index contributed by atoms with van der Waals surface area (Å²) in [5, 5.41) is 16.4. The second-order valence-electron chi connectivity index (χ2n) is 8.58. The molecule has 1 aliphatic rings. The Kier molecular flexibility index (Phi) is 7.12. The average Bonchev–Trinajstić information content (AvgIpc) is 3.51. The van der Waals surface area contributed by atoms with Crippen LogP contribution in [0, 0.1) is 0 Å². The normalized spacial score (nSPS) is 18.5. The molecule has 3 atom stereocenters. The lowest BCUT2D eigenvalue weighted by molar-refractivity contribution is -0.207. The standard InChI is InChI=1S/C23H19ClF6N4O3/c24-15-6-4-12(5-7-15)20-32-34(21(37)33(20)10-18(35)23(28,29)30)11-19(36)31-17-9-16(17)13-2-1-3-14(8-13)22(25,26)27/h1-8,16-18,35H,9-11H2,(H,31,36). The van der Waals surface area contributed by atoms with Gasteiger partial charge in [-0.1, -0.05) is 29.8 Å². The molecule has 3 unspecified atom stereocenters. The van der Waals surface area contributed by atoms with E-state index in [9.17, 15) is 41.0 Å². The van der Waals surface area contributed by atoms with Gasteiger partial charge in [0.25, 0.3) is 0 Å². The summed E-state index contributed by atoms with van der Waals surface area (Å²) in [7, 11) is 0. The zero-order valence-electron chi connectivity index (χ0n) is 18.7. The van der Waals surface area contributed by atoms with Crippen LogP contribution in [0.1, 0.15) is 23.5 Å². The summed E-state index contributed by atoms with van der Waals surface area (Å²) in [5.41, 5.74) is -1.25. The van der Waals surface area contributed by atoms with E-state index >= 15 is 0 Å². The number of nitrogens with zero attached hydrogens (tertiary/aromatic N) is 3. The number of hydrogen-bond donors (Lipinski definition) is 2. The molecule has 1 amide bonds. The van der Waals surface area contributed by atoms with Crippen molar-refractivity contribution in [2.24, 2.45) is 0 Å². The van der Waals surface area contributed by atoms with E-state index in [0.717, 1.165) is 12.1 Å². The van der Waals surface area contributed by atoms with Crippen LogP contribution in [0.5, 0.6) is 0 Å². The largest absolute Gasteiger partial charge is 0.416 e. The van der Waals surface area contributed by atoms with E-state index < -0.39 is 54.7 Å². The molecule has 2 N–H and O–H groups in total. The lowest BCUT2D eigenvalue weighted by Gasteiger charge is -2.15. The Morgan fingerprint density at radius 1 is 1.14 bits per heavy atom. The first-order chi connectivity index (χ1) is 17.2. The molecule has 1 aliphatic carbocycles. The maximum Gasteiger partial charge on any atom is 0.416 e. The minimum absolute atomic E-state index is 0.217. The van der Waals surface area contributed by atoms with E-state index in [0.29, 0.717) is 26.3 Å². The molecule has 0 bridgehead atoms. The van der Waals surface area contributed by atoms with Crippen molar-refractivity contribution in [3.05, 3.63) is 75.2 Å². The fourth-order valence-electron chi connectivity index (χ4n) is 3.85. The van der Waals surface area contributed by atoms with E-state index in [1.807, 2.05) is 0 Å². The minimum Gasteiger partial charge on any atom is -0.382 e. The first-order valence-electron chi connectivity index (χ1n) is 10.9. The number of alkyl halides is 6. The van der Waals surface area contributed by atoms with Crippen molar-refractivity contribution in [1.82, 2.24) is 19.7 Å². The van der Waals surface area contributed by atoms with Crippen molar-refractivity contribution in [2.75, 3.05) is 0 Å². The average molecular weight is 549 g/mol. The Balaban J connectivity index is 1.51. The summed E-state index contributed by atoms with van der Waals surface area (Å²) in [5.74, 6) is -1.27. The molecule has 3 aromatic rings. The molecule has 1 heterocycles. The lowest BCUT2D eigenvalue weighted by Crippen LogP contribution is -2.38. The monoisotopic (exact) mass is 548 g/mol. The van der Waals surface area contributed by atoms with Gasteiger partial charge in [-0.15, -0.1) is 5.10 Å². The third kappa shape index (κ3) is 6.16. The number of carbonyl (C=O) groups excluding carboxylic acids is 1. The molecule has 1 fully saturated rings. The van der Waals surface area contributed by atoms with E-state index in [-0.39, 0.29) is 17.3 Å². The second-order valence-corrected chi connectivity index (χ2v) is 9.01. The second kappa shape index (κ2) is 9.86. The van der Waals surface area contributed by atoms with E-state index in [2.05, 4.69) is 10.4 Å². The van der Waals surface area contributed by atoms with Gasteiger partial charge in [-0.05, 0) is 42.3 Å². The smallest absolute Gasteiger partial charge is 0.382 e. The summed E-state index contributed by atoms with van der Waals surface area (Å²) in [4.78, 5) is 25.4. The van der Waals surface area contributed by atoms with Crippen LogP contribution in [0.3, 0.4) is 0 Å². The van der Waals surface area contributed by atoms with E-state index in [1.54, 1.807) is 0 Å². The van der Waals surface area contributed by atoms with Crippen LogP contribution in [0.4, 0.5) is 26.3 Å². The number of amides is 1. The van der Waals surface area contributed by atoms with Crippen LogP contribution in [0.2, 0.25) is 5.02 Å². The van der Waals surface area contributed by atoms with Crippen molar-refractivity contribution < 1.29 is 36.2 Å². The first kappa shape index (κ1) is 26.7. The molecular weight excluding hydrogens is 530 g/mol. The van der Waals surface area contributed by atoms with Crippen molar-refractivity contribution in [1.29, 1.82) is 0 Å². The number of hydrogen-bond acceptors (Lipinski definition) is 4. The number of aliphatic hydroxyl groups is 1. The molecule has 37 heavy (non-hydrogen) atoms. The Labute approximate surface area is 210 Å². The Morgan fingerprint density at radius 3 is 2.43 bits per heavy atom. The maximum absolute atomic E-state index is 13.0. The Hall–Kier alpha value is -3.32. The SMILES string of the molecule is O=C(Cn1nc(-c2ccc(Cl)cc2)n(CC(O)C(F)(F)F)c1=O)NC1CC1c1cccc(C(F)(F)F)c1. The third-order valence-electron chi connectivity index (χ3n) is 5.83. The van der Waals surface area contributed by atoms with Gasteiger partial charge in [0.15, 0.2) is 11.9 Å². The van der Waals surface area contributed by atoms with Crippen LogP contribution in [0.25, 0.3) is 11.4 Å². The van der Waals surface area contributed by atoms with Gasteiger partial charge in [0, 0.05) is 22.5 Å². The molecule has 0 radical (unpaired) electrons. The fraction of sp³-hybridized carbons (Fsp3) is 0.348. The van der Waals surface area contributed by atoms with Gasteiger partial charge in [0.1, 0.15) is 6.54 Å². The Bertz CT molecular complexity index is 1350. The highest BCUT2D eigenvalue weighted by atomic mass is 35.5. The quantitative estimate of drug-likeness (QED) is 0.437. The van der Waals surface area contributed by atoms with Crippen LogP contribution in [-0.4, -0.2) is 43.7 Å². The highest BCUT2D eigenvalue weighted by Crippen LogP contribution is 2.42. The predicted molar refractivity (Wildman–Crippen MR) is 120 cm³/mol. The van der Waals surface area contributed by atoms with Gasteiger partial charge in [0.2, 0.25) is 5.91 Å². The van der Waals surface area contributed by atoms with Gasteiger partial charge in [0.05, 0.1) is 12.1 Å². The highest BCUT2D eigenvalue weighted by molar-refractivity contribution is 6.30. The molecule has 0 spiro atoms. The summed E-state index contributed by atoms with van der Waals surface area (Å²) < 4.78 is 79.0. The van der Waals surface area contributed by atoms with Crippen LogP contribution in [0.15, 0.2) is 53.3 Å². The number of aromatic nitrogens is 3. The van der Waals surface area contributed by atoms with Crippen molar-refractivity contribution in [3.63, 3.8) is 0 Å². The van der Waals surface area contributed by atoms with Gasteiger partial charge < -0.3 is 10.4 Å². The van der Waals surface area contributed by atoms with E-state index in [1.165, 1.54) is 36.4 Å². The van der Waals surface area contributed by atoms with Gasteiger partial charge in [-0.25, -0.2) is 9.48 Å². The number of benzene rings is 2. The third-order valence-corrected chi connectivity index (χ3v) is 6.08. The van der Waals surface area contributed by atoms with Gasteiger partial charge in [-0.2, -0.15) is 26.3 Å². The van der Waals surface area contributed by atoms with Gasteiger partial charge >= 0.3 is 18.0 Å². The zero-order valence-corrected chi connectivity index (χ0v) is 19.5. The van der Waals surface area contributed by atoms with Crippen molar-refractivity contribution in [3.8, 4) is 11.4 Å². The number of aliphatic hydroxyl groups excluding tert-OH is 1. The molecule has 1 saturated carbocycles. The molecule has 1 aromatic heterocycles. The summed E-state index contributed by atoms with van der Waals surface area (Å²) >= 11 is 5.84. The maximum atomic E-state index is 13.0.